The molecule has 1 aromatic heterocycles. The number of ketones is 1. The van der Waals surface area contributed by atoms with Gasteiger partial charge in [-0.05, 0) is 30.3 Å². The summed E-state index contributed by atoms with van der Waals surface area (Å²) in [6.07, 6.45) is 3.02. The highest BCUT2D eigenvalue weighted by molar-refractivity contribution is 5.99. The lowest BCUT2D eigenvalue weighted by Crippen LogP contribution is -2.16. The lowest BCUT2D eigenvalue weighted by Gasteiger charge is -2.22. The summed E-state index contributed by atoms with van der Waals surface area (Å²) in [4.78, 5) is 15.9. The zero-order chi connectivity index (χ0) is 17.9. The summed E-state index contributed by atoms with van der Waals surface area (Å²) >= 11 is 0. The van der Waals surface area contributed by atoms with E-state index in [1.807, 2.05) is 0 Å². The van der Waals surface area contributed by atoms with Crippen molar-refractivity contribution in [2.75, 3.05) is 6.61 Å². The van der Waals surface area contributed by atoms with Gasteiger partial charge in [0.2, 0.25) is 0 Å². The minimum atomic E-state index is -0.642. The second kappa shape index (κ2) is 6.96. The number of pyridine rings is 1. The summed E-state index contributed by atoms with van der Waals surface area (Å²) in [6.45, 7) is 0.358. The van der Waals surface area contributed by atoms with Crippen LogP contribution in [-0.2, 0) is 0 Å². The third-order valence-corrected chi connectivity index (χ3v) is 4.29. The lowest BCUT2D eigenvalue weighted by atomic mass is 10.0. The van der Waals surface area contributed by atoms with Gasteiger partial charge >= 0.3 is 0 Å². The van der Waals surface area contributed by atoms with Crippen LogP contribution in [0.25, 0.3) is 0 Å². The minimum Gasteiger partial charge on any atom is -0.492 e. The fourth-order valence-corrected chi connectivity index (χ4v) is 2.99. The number of carbonyl (C=O) groups excluding carboxylic acids is 1. The highest BCUT2D eigenvalue weighted by Gasteiger charge is 2.22. The Morgan fingerprint density at radius 1 is 1.08 bits per heavy atom. The van der Waals surface area contributed by atoms with E-state index in [0.717, 1.165) is 5.56 Å². The molecule has 5 heteroatoms. The second-order valence-corrected chi connectivity index (χ2v) is 5.98. The van der Waals surface area contributed by atoms with E-state index in [2.05, 4.69) is 4.98 Å². The van der Waals surface area contributed by atoms with E-state index in [1.165, 1.54) is 6.07 Å². The van der Waals surface area contributed by atoms with Gasteiger partial charge in [-0.25, -0.2) is 4.39 Å². The number of rotatable bonds is 4. The van der Waals surface area contributed by atoms with E-state index in [0.29, 0.717) is 35.7 Å². The average molecular weight is 349 g/mol. The van der Waals surface area contributed by atoms with Gasteiger partial charge in [0, 0.05) is 36.0 Å². The predicted molar refractivity (Wildman–Crippen MR) is 94.0 cm³/mol. The predicted octanol–water partition coefficient (Wildman–Crippen LogP) is 4.35. The van der Waals surface area contributed by atoms with Gasteiger partial charge in [-0.15, -0.1) is 0 Å². The smallest absolute Gasteiger partial charge is 0.169 e. The molecule has 1 aliphatic rings. The first-order valence-corrected chi connectivity index (χ1v) is 8.33. The van der Waals surface area contributed by atoms with Crippen molar-refractivity contribution in [1.29, 1.82) is 0 Å². The number of halogens is 1. The molecule has 0 bridgehead atoms. The van der Waals surface area contributed by atoms with Gasteiger partial charge in [0.05, 0.1) is 12.2 Å². The normalized spacial score (nSPS) is 14.3. The Balaban J connectivity index is 1.72. The summed E-state index contributed by atoms with van der Waals surface area (Å²) in [6, 6.07) is 15.2. The van der Waals surface area contributed by atoms with Crippen molar-refractivity contribution < 1.29 is 18.7 Å². The van der Waals surface area contributed by atoms with Crippen molar-refractivity contribution in [3.63, 3.8) is 0 Å². The standard InChI is InChI=1S/C21H16FNO3/c22-18-4-2-1-3-16(18)21(14-7-10-23-11-8-14)26-15-5-6-17-19(24)9-12-25-20(17)13-15/h1-8,10-11,13,21H,9,12H2/t21-/m1/s1. The topological polar surface area (TPSA) is 48.4 Å². The van der Waals surface area contributed by atoms with Crippen molar-refractivity contribution >= 4 is 5.78 Å². The van der Waals surface area contributed by atoms with Gasteiger partial charge in [-0.1, -0.05) is 18.2 Å². The van der Waals surface area contributed by atoms with Crippen LogP contribution in [0.4, 0.5) is 4.39 Å². The molecular weight excluding hydrogens is 333 g/mol. The van der Waals surface area contributed by atoms with Crippen molar-refractivity contribution in [2.24, 2.45) is 0 Å². The third kappa shape index (κ3) is 3.16. The summed E-state index contributed by atoms with van der Waals surface area (Å²) in [5.74, 6) is 0.709. The van der Waals surface area contributed by atoms with E-state index in [4.69, 9.17) is 9.47 Å². The fraction of sp³-hybridized carbons (Fsp3) is 0.143. The van der Waals surface area contributed by atoms with Crippen LogP contribution in [0.15, 0.2) is 67.0 Å². The largest absolute Gasteiger partial charge is 0.492 e. The van der Waals surface area contributed by atoms with Crippen molar-refractivity contribution in [3.8, 4) is 11.5 Å². The zero-order valence-corrected chi connectivity index (χ0v) is 13.9. The molecule has 0 radical (unpaired) electrons. The summed E-state index contributed by atoms with van der Waals surface area (Å²) < 4.78 is 26.1. The molecule has 0 unspecified atom stereocenters. The number of carbonyl (C=O) groups is 1. The minimum absolute atomic E-state index is 0.0533. The number of hydrogen-bond acceptors (Lipinski definition) is 4. The molecule has 2 aromatic carbocycles. The van der Waals surface area contributed by atoms with Crippen molar-refractivity contribution in [1.82, 2.24) is 4.98 Å². The van der Waals surface area contributed by atoms with Gasteiger partial charge in [0.1, 0.15) is 17.3 Å². The Morgan fingerprint density at radius 2 is 1.88 bits per heavy atom. The molecule has 2 heterocycles. The first-order valence-electron chi connectivity index (χ1n) is 8.33. The zero-order valence-electron chi connectivity index (χ0n) is 13.9. The van der Waals surface area contributed by atoms with Crippen LogP contribution in [0.1, 0.15) is 34.0 Å². The summed E-state index contributed by atoms with van der Waals surface area (Å²) in [5, 5.41) is 0. The van der Waals surface area contributed by atoms with Gasteiger partial charge in [0.25, 0.3) is 0 Å². The molecule has 0 N–H and O–H groups in total. The van der Waals surface area contributed by atoms with E-state index in [1.54, 1.807) is 60.9 Å². The van der Waals surface area contributed by atoms with Crippen LogP contribution >= 0.6 is 0 Å². The van der Waals surface area contributed by atoms with E-state index >= 15 is 0 Å². The Kier molecular flexibility index (Phi) is 4.35. The fourth-order valence-electron chi connectivity index (χ4n) is 2.99. The number of fused-ring (bicyclic) bond motifs is 1. The van der Waals surface area contributed by atoms with Crippen LogP contribution in [0.5, 0.6) is 11.5 Å². The summed E-state index contributed by atoms with van der Waals surface area (Å²) in [5.41, 5.74) is 1.75. The highest BCUT2D eigenvalue weighted by atomic mass is 19.1. The van der Waals surface area contributed by atoms with Crippen LogP contribution in [0.2, 0.25) is 0 Å². The van der Waals surface area contributed by atoms with E-state index < -0.39 is 6.10 Å². The molecule has 130 valence electrons. The Labute approximate surface area is 150 Å². The van der Waals surface area contributed by atoms with Gasteiger partial charge in [0.15, 0.2) is 11.9 Å². The molecule has 0 amide bonds. The molecular formula is C21H16FNO3. The maximum atomic E-state index is 14.4. The van der Waals surface area contributed by atoms with Gasteiger partial charge < -0.3 is 9.47 Å². The van der Waals surface area contributed by atoms with E-state index in [-0.39, 0.29) is 11.6 Å². The molecule has 1 aliphatic heterocycles. The van der Waals surface area contributed by atoms with Crippen LogP contribution in [-0.4, -0.2) is 17.4 Å². The first-order chi connectivity index (χ1) is 12.7. The monoisotopic (exact) mass is 349 g/mol. The molecule has 26 heavy (non-hydrogen) atoms. The average Bonchev–Trinajstić information content (AvgIpc) is 2.68. The summed E-state index contributed by atoms with van der Waals surface area (Å²) in [7, 11) is 0. The molecule has 4 nitrogen and oxygen atoms in total. The Morgan fingerprint density at radius 3 is 2.69 bits per heavy atom. The number of benzene rings is 2. The Hall–Kier alpha value is -3.21. The van der Waals surface area contributed by atoms with Crippen molar-refractivity contribution in [2.45, 2.75) is 12.5 Å². The number of aromatic nitrogens is 1. The lowest BCUT2D eigenvalue weighted by molar-refractivity contribution is 0.0933. The molecule has 0 spiro atoms. The first kappa shape index (κ1) is 16.3. The Bertz CT molecular complexity index is 943. The maximum Gasteiger partial charge on any atom is 0.169 e. The molecule has 0 fully saturated rings. The number of nitrogens with zero attached hydrogens (tertiary/aromatic N) is 1. The molecule has 0 aliphatic carbocycles. The van der Waals surface area contributed by atoms with Crippen LogP contribution < -0.4 is 9.47 Å². The van der Waals surface area contributed by atoms with E-state index in [9.17, 15) is 9.18 Å². The molecule has 4 rings (SSSR count). The molecule has 0 saturated heterocycles. The van der Waals surface area contributed by atoms with Crippen LogP contribution in [0.3, 0.4) is 0 Å². The SMILES string of the molecule is O=C1CCOc2cc(O[C@H](c3ccncc3)c3ccccc3F)ccc21. The maximum absolute atomic E-state index is 14.4. The second-order valence-electron chi connectivity index (χ2n) is 5.98. The number of Topliss-reactive ketones (excluding diaryl/α,β-unsaturated/α-hetero) is 1. The highest BCUT2D eigenvalue weighted by Crippen LogP contribution is 2.34. The number of ether oxygens (including phenoxy) is 2. The quantitative estimate of drug-likeness (QED) is 0.702. The van der Waals surface area contributed by atoms with Gasteiger partial charge in [-0.3, -0.25) is 9.78 Å². The van der Waals surface area contributed by atoms with Crippen molar-refractivity contribution in [3.05, 3.63) is 89.5 Å². The molecule has 0 saturated carbocycles. The van der Waals surface area contributed by atoms with Crippen LogP contribution in [0, 0.1) is 5.82 Å². The molecule has 1 atom stereocenters. The molecule has 3 aromatic rings. The third-order valence-electron chi connectivity index (χ3n) is 4.29. The number of hydrogen-bond donors (Lipinski definition) is 0. The van der Waals surface area contributed by atoms with Gasteiger partial charge in [-0.2, -0.15) is 0 Å².